The summed E-state index contributed by atoms with van der Waals surface area (Å²) in [6.45, 7) is 4.77. The van der Waals surface area contributed by atoms with E-state index >= 15 is 0 Å². The van der Waals surface area contributed by atoms with Crippen LogP contribution in [0.5, 0.6) is 11.5 Å². The molecule has 2 aromatic carbocycles. The minimum atomic E-state index is -0.488. The quantitative estimate of drug-likeness (QED) is 0.319. The fourth-order valence-electron chi connectivity index (χ4n) is 4.20. The van der Waals surface area contributed by atoms with Crippen LogP contribution in [-0.4, -0.2) is 57.0 Å². The first-order valence-corrected chi connectivity index (χ1v) is 11.8. The van der Waals surface area contributed by atoms with E-state index in [9.17, 15) is 14.9 Å². The summed E-state index contributed by atoms with van der Waals surface area (Å²) in [6.07, 6.45) is 3.89. The lowest BCUT2D eigenvalue weighted by atomic mass is 9.96. The van der Waals surface area contributed by atoms with E-state index in [2.05, 4.69) is 10.3 Å². The highest BCUT2D eigenvalue weighted by molar-refractivity contribution is 5.76. The molecule has 1 aromatic heterocycles. The van der Waals surface area contributed by atoms with Crippen LogP contribution >= 0.6 is 0 Å². The molecule has 35 heavy (non-hydrogen) atoms. The summed E-state index contributed by atoms with van der Waals surface area (Å²) in [6, 6.07) is 14.0. The molecule has 0 radical (unpaired) electrons. The molecule has 3 aromatic rings. The number of hydrogen-bond acceptors (Lipinski definition) is 7. The van der Waals surface area contributed by atoms with Crippen LogP contribution in [0.4, 0.5) is 5.69 Å². The van der Waals surface area contributed by atoms with Gasteiger partial charge in [0.25, 0.3) is 0 Å². The van der Waals surface area contributed by atoms with E-state index in [1.54, 1.807) is 18.2 Å². The molecule has 184 valence electrons. The molecule has 0 N–H and O–H groups in total. The van der Waals surface area contributed by atoms with Crippen LogP contribution in [0.2, 0.25) is 0 Å². The second-order valence-electron chi connectivity index (χ2n) is 8.43. The maximum atomic E-state index is 12.6. The number of hydrogen-bond donors (Lipinski definition) is 0. The Morgan fingerprint density at radius 1 is 1.14 bits per heavy atom. The number of amides is 1. The molecule has 2 heterocycles. The standard InChI is InChI=1S/C25H29N5O5/c1-2-34-21-7-5-6-20(16-21)22-18-29(27-26-22)17-19-10-13-28(14-11-19)25(31)12-15-35-24-9-4-3-8-23(24)30(32)33/h3-9,16,18-19H,2,10-15,17H2,1H3. The zero-order valence-corrected chi connectivity index (χ0v) is 19.7. The molecule has 0 saturated carbocycles. The van der Waals surface area contributed by atoms with Crippen LogP contribution in [0.3, 0.4) is 0 Å². The van der Waals surface area contributed by atoms with Gasteiger partial charge in [0.05, 0.1) is 30.8 Å². The fraction of sp³-hybridized carbons (Fsp3) is 0.400. The smallest absolute Gasteiger partial charge is 0.310 e. The average molecular weight is 480 g/mol. The van der Waals surface area contributed by atoms with Crippen molar-refractivity contribution in [3.8, 4) is 22.8 Å². The summed E-state index contributed by atoms with van der Waals surface area (Å²) in [7, 11) is 0. The molecule has 1 fully saturated rings. The summed E-state index contributed by atoms with van der Waals surface area (Å²) in [4.78, 5) is 25.0. The Balaban J connectivity index is 1.22. The Morgan fingerprint density at radius 3 is 2.71 bits per heavy atom. The minimum absolute atomic E-state index is 0.000689. The zero-order valence-electron chi connectivity index (χ0n) is 19.7. The van der Waals surface area contributed by atoms with Crippen molar-refractivity contribution in [2.45, 2.75) is 32.7 Å². The number of carbonyl (C=O) groups excluding carboxylic acids is 1. The van der Waals surface area contributed by atoms with Gasteiger partial charge < -0.3 is 14.4 Å². The van der Waals surface area contributed by atoms with E-state index in [0.717, 1.165) is 36.4 Å². The Bertz CT molecular complexity index is 1160. The number of ether oxygens (including phenoxy) is 2. The molecule has 0 unspecified atom stereocenters. The maximum Gasteiger partial charge on any atom is 0.310 e. The first-order valence-electron chi connectivity index (χ1n) is 11.8. The SMILES string of the molecule is CCOc1cccc(-c2cn(CC3CCN(C(=O)CCOc4ccccc4[N+](=O)[O-])CC3)nn2)c1. The molecule has 0 aliphatic carbocycles. The number of rotatable bonds is 10. The lowest BCUT2D eigenvalue weighted by molar-refractivity contribution is -0.385. The highest BCUT2D eigenvalue weighted by Gasteiger charge is 2.24. The van der Waals surface area contributed by atoms with Crippen LogP contribution in [0.15, 0.2) is 54.7 Å². The van der Waals surface area contributed by atoms with E-state index < -0.39 is 4.92 Å². The number of nitro groups is 1. The second-order valence-corrected chi connectivity index (χ2v) is 8.43. The first-order chi connectivity index (χ1) is 17.0. The van der Waals surface area contributed by atoms with E-state index in [1.807, 2.05) is 47.0 Å². The van der Waals surface area contributed by atoms with Crippen molar-refractivity contribution in [3.63, 3.8) is 0 Å². The van der Waals surface area contributed by atoms with Gasteiger partial charge >= 0.3 is 5.69 Å². The number of piperidine rings is 1. The number of aromatic nitrogens is 3. The van der Waals surface area contributed by atoms with Crippen molar-refractivity contribution in [1.29, 1.82) is 0 Å². The van der Waals surface area contributed by atoms with E-state index in [0.29, 0.717) is 25.6 Å². The summed E-state index contributed by atoms with van der Waals surface area (Å²) in [5.74, 6) is 1.40. The average Bonchev–Trinajstić information content (AvgIpc) is 3.33. The predicted octanol–water partition coefficient (Wildman–Crippen LogP) is 3.96. The highest BCUT2D eigenvalue weighted by Crippen LogP contribution is 2.26. The number of nitrogens with zero attached hydrogens (tertiary/aromatic N) is 5. The van der Waals surface area contributed by atoms with E-state index in [4.69, 9.17) is 9.47 Å². The van der Waals surface area contributed by atoms with Gasteiger partial charge in [0.2, 0.25) is 5.91 Å². The molecule has 0 spiro atoms. The van der Waals surface area contributed by atoms with Crippen LogP contribution < -0.4 is 9.47 Å². The molecule has 1 aliphatic rings. The summed E-state index contributed by atoms with van der Waals surface area (Å²) < 4.78 is 12.9. The van der Waals surface area contributed by atoms with Gasteiger partial charge in [-0.25, -0.2) is 0 Å². The van der Waals surface area contributed by atoms with Gasteiger partial charge in [-0.1, -0.05) is 29.5 Å². The van der Waals surface area contributed by atoms with Crippen LogP contribution in [-0.2, 0) is 11.3 Å². The number of nitro benzene ring substituents is 1. The van der Waals surface area contributed by atoms with Crippen molar-refractivity contribution in [3.05, 3.63) is 64.8 Å². The molecular formula is C25H29N5O5. The van der Waals surface area contributed by atoms with E-state index in [-0.39, 0.29) is 30.4 Å². The monoisotopic (exact) mass is 479 g/mol. The van der Waals surface area contributed by atoms with Gasteiger partial charge in [0, 0.05) is 31.3 Å². The molecular weight excluding hydrogens is 450 g/mol. The molecule has 10 heteroatoms. The minimum Gasteiger partial charge on any atom is -0.494 e. The Kier molecular flexibility index (Phi) is 7.92. The topological polar surface area (TPSA) is 113 Å². The van der Waals surface area contributed by atoms with Crippen molar-refractivity contribution in [2.24, 2.45) is 5.92 Å². The van der Waals surface area contributed by atoms with Crippen LogP contribution in [0, 0.1) is 16.0 Å². The van der Waals surface area contributed by atoms with E-state index in [1.165, 1.54) is 6.07 Å². The van der Waals surface area contributed by atoms with Gasteiger partial charge in [0.15, 0.2) is 5.75 Å². The molecule has 4 rings (SSSR count). The molecule has 1 aliphatic heterocycles. The lowest BCUT2D eigenvalue weighted by Crippen LogP contribution is -2.39. The maximum absolute atomic E-state index is 12.6. The number of carbonyl (C=O) groups is 1. The number of para-hydroxylation sites is 2. The molecule has 10 nitrogen and oxygen atoms in total. The van der Waals surface area contributed by atoms with Gasteiger partial charge in [-0.05, 0) is 43.9 Å². The summed E-state index contributed by atoms with van der Waals surface area (Å²) >= 11 is 0. The van der Waals surface area contributed by atoms with Gasteiger partial charge in [-0.15, -0.1) is 5.10 Å². The molecule has 0 atom stereocenters. The lowest BCUT2D eigenvalue weighted by Gasteiger charge is -2.32. The van der Waals surface area contributed by atoms with Crippen molar-refractivity contribution in [2.75, 3.05) is 26.3 Å². The molecule has 1 saturated heterocycles. The normalized spacial score (nSPS) is 14.0. The van der Waals surface area contributed by atoms with Gasteiger partial charge in [0.1, 0.15) is 11.4 Å². The van der Waals surface area contributed by atoms with Crippen molar-refractivity contribution >= 4 is 11.6 Å². The third-order valence-corrected chi connectivity index (χ3v) is 6.03. The van der Waals surface area contributed by atoms with Crippen molar-refractivity contribution in [1.82, 2.24) is 19.9 Å². The Morgan fingerprint density at radius 2 is 1.94 bits per heavy atom. The first kappa shape index (κ1) is 24.2. The largest absolute Gasteiger partial charge is 0.494 e. The van der Waals surface area contributed by atoms with Crippen molar-refractivity contribution < 1.29 is 19.2 Å². The Labute approximate surface area is 203 Å². The summed E-state index contributed by atoms with van der Waals surface area (Å²) in [5.41, 5.74) is 1.67. The molecule has 1 amide bonds. The fourth-order valence-corrected chi connectivity index (χ4v) is 4.20. The van der Waals surface area contributed by atoms with Crippen LogP contribution in [0.25, 0.3) is 11.3 Å². The van der Waals surface area contributed by atoms with Gasteiger partial charge in [-0.2, -0.15) is 0 Å². The second kappa shape index (κ2) is 11.5. The third-order valence-electron chi connectivity index (χ3n) is 6.03. The third kappa shape index (κ3) is 6.34. The van der Waals surface area contributed by atoms with Gasteiger partial charge in [-0.3, -0.25) is 19.6 Å². The Hall–Kier alpha value is -3.95. The molecule has 0 bridgehead atoms. The number of likely N-dealkylation sites (tertiary alicyclic amines) is 1. The zero-order chi connectivity index (χ0) is 24.6. The number of benzene rings is 2. The summed E-state index contributed by atoms with van der Waals surface area (Å²) in [5, 5.41) is 19.7. The predicted molar refractivity (Wildman–Crippen MR) is 129 cm³/mol. The highest BCUT2D eigenvalue weighted by atomic mass is 16.6. The van der Waals surface area contributed by atoms with Crippen LogP contribution in [0.1, 0.15) is 26.2 Å².